The molecule has 1 amide bonds. The maximum Gasteiger partial charge on any atom is 0.229 e. The number of carbonyl (C=O) groups excluding carboxylic acids is 1. The molecule has 1 saturated heterocycles. The van der Waals surface area contributed by atoms with E-state index in [2.05, 4.69) is 67.8 Å². The summed E-state index contributed by atoms with van der Waals surface area (Å²) < 4.78 is 0. The zero-order valence-electron chi connectivity index (χ0n) is 17.7. The topological polar surface area (TPSA) is 20.3 Å². The van der Waals surface area contributed by atoms with Crippen molar-refractivity contribution in [3.63, 3.8) is 0 Å². The van der Waals surface area contributed by atoms with Crippen LogP contribution in [-0.4, -0.2) is 34.9 Å². The van der Waals surface area contributed by atoms with Crippen molar-refractivity contribution >= 4 is 17.7 Å². The first-order valence-corrected chi connectivity index (χ1v) is 12.2. The lowest BCUT2D eigenvalue weighted by Gasteiger charge is -2.36. The quantitative estimate of drug-likeness (QED) is 0.389. The van der Waals surface area contributed by atoms with Gasteiger partial charge in [-0.05, 0) is 55.6 Å². The van der Waals surface area contributed by atoms with Gasteiger partial charge in [0.15, 0.2) is 0 Å². The molecule has 1 fully saturated rings. The Bertz CT molecular complexity index is 547. The molecule has 2 nitrogen and oxygen atoms in total. The summed E-state index contributed by atoms with van der Waals surface area (Å²) in [6.45, 7) is 7.64. The summed E-state index contributed by atoms with van der Waals surface area (Å²) in [6, 6.07) is 11.0. The number of rotatable bonds is 12. The Kier molecular flexibility index (Phi) is 9.75. The fourth-order valence-electron chi connectivity index (χ4n) is 4.20. The van der Waals surface area contributed by atoms with Crippen LogP contribution in [0.15, 0.2) is 30.3 Å². The van der Waals surface area contributed by atoms with Gasteiger partial charge in [0.2, 0.25) is 5.91 Å². The Hall–Kier alpha value is -0.960. The van der Waals surface area contributed by atoms with Gasteiger partial charge in [0, 0.05) is 12.6 Å². The van der Waals surface area contributed by atoms with Crippen molar-refractivity contribution < 1.29 is 4.79 Å². The van der Waals surface area contributed by atoms with Crippen molar-refractivity contribution in [1.82, 2.24) is 4.90 Å². The number of hydrogen-bond acceptors (Lipinski definition) is 2. The van der Waals surface area contributed by atoms with Crippen molar-refractivity contribution in [3.8, 4) is 0 Å². The number of hydrogen-bond donors (Lipinski definition) is 0. The minimum absolute atomic E-state index is 0.269. The second-order valence-corrected chi connectivity index (χ2v) is 9.60. The van der Waals surface area contributed by atoms with E-state index in [1.54, 1.807) is 0 Å². The molecule has 0 spiro atoms. The van der Waals surface area contributed by atoms with E-state index in [1.165, 1.54) is 42.8 Å². The molecular weight excluding hydrogens is 350 g/mol. The maximum absolute atomic E-state index is 13.6. The van der Waals surface area contributed by atoms with Gasteiger partial charge in [0.25, 0.3) is 0 Å². The summed E-state index contributed by atoms with van der Waals surface area (Å²) in [7, 11) is 0. The van der Waals surface area contributed by atoms with Crippen LogP contribution < -0.4 is 0 Å². The van der Waals surface area contributed by atoms with E-state index < -0.39 is 0 Å². The summed E-state index contributed by atoms with van der Waals surface area (Å²) in [5.41, 5.74) is 1.02. The molecule has 1 aliphatic rings. The first kappa shape index (κ1) is 22.3. The zero-order chi connectivity index (χ0) is 19.5. The van der Waals surface area contributed by atoms with Crippen LogP contribution in [0.4, 0.5) is 0 Å². The molecule has 3 heteroatoms. The second kappa shape index (κ2) is 11.8. The van der Waals surface area contributed by atoms with Crippen LogP contribution in [0, 0.1) is 5.41 Å². The molecule has 0 saturated carbocycles. The molecule has 0 N–H and O–H groups in total. The highest BCUT2D eigenvalue weighted by molar-refractivity contribution is 7.99. The van der Waals surface area contributed by atoms with E-state index >= 15 is 0 Å². The summed E-state index contributed by atoms with van der Waals surface area (Å²) in [6.07, 6.45) is 10.2. The normalized spacial score (nSPS) is 19.2. The first-order valence-electron chi connectivity index (χ1n) is 11.0. The van der Waals surface area contributed by atoms with Gasteiger partial charge in [-0.1, -0.05) is 70.4 Å². The van der Waals surface area contributed by atoms with Gasteiger partial charge in [-0.25, -0.2) is 0 Å². The molecule has 2 atom stereocenters. The molecule has 0 bridgehead atoms. The lowest BCUT2D eigenvalue weighted by atomic mass is 9.77. The fraction of sp³-hybridized carbons (Fsp3) is 0.708. The van der Waals surface area contributed by atoms with E-state index in [1.807, 2.05) is 0 Å². The lowest BCUT2D eigenvalue weighted by molar-refractivity contribution is -0.142. The first-order chi connectivity index (χ1) is 13.1. The minimum Gasteiger partial charge on any atom is -0.339 e. The Morgan fingerprint density at radius 1 is 1.15 bits per heavy atom. The second-order valence-electron chi connectivity index (χ2n) is 8.38. The zero-order valence-corrected chi connectivity index (χ0v) is 18.5. The third kappa shape index (κ3) is 6.85. The predicted molar refractivity (Wildman–Crippen MR) is 119 cm³/mol. The molecule has 2 rings (SSSR count). The largest absolute Gasteiger partial charge is 0.339 e. The van der Waals surface area contributed by atoms with E-state index in [9.17, 15) is 4.79 Å². The number of unbranched alkanes of at least 4 members (excludes halogenated alkanes) is 2. The van der Waals surface area contributed by atoms with Gasteiger partial charge in [-0.3, -0.25) is 4.79 Å². The highest BCUT2D eigenvalue weighted by atomic mass is 32.2. The molecule has 0 radical (unpaired) electrons. The van der Waals surface area contributed by atoms with Crippen LogP contribution in [0.2, 0.25) is 0 Å². The van der Waals surface area contributed by atoms with E-state index in [0.717, 1.165) is 38.6 Å². The number of nitrogens with zero attached hydrogens (tertiary/aromatic N) is 1. The number of amides is 1. The van der Waals surface area contributed by atoms with E-state index in [-0.39, 0.29) is 5.41 Å². The molecule has 1 heterocycles. The highest BCUT2D eigenvalue weighted by Gasteiger charge is 2.40. The number of likely N-dealkylation sites (tertiary alicyclic amines) is 1. The summed E-state index contributed by atoms with van der Waals surface area (Å²) in [4.78, 5) is 15.9. The molecule has 1 aromatic rings. The van der Waals surface area contributed by atoms with Gasteiger partial charge in [0.1, 0.15) is 0 Å². The summed E-state index contributed by atoms with van der Waals surface area (Å²) in [5.74, 6) is 2.86. The van der Waals surface area contributed by atoms with Crippen molar-refractivity contribution in [1.29, 1.82) is 0 Å². The summed E-state index contributed by atoms with van der Waals surface area (Å²) >= 11 is 2.06. The van der Waals surface area contributed by atoms with Crippen LogP contribution in [0.5, 0.6) is 0 Å². The van der Waals surface area contributed by atoms with Crippen molar-refractivity contribution in [2.45, 2.75) is 84.6 Å². The minimum atomic E-state index is -0.269. The van der Waals surface area contributed by atoms with Crippen molar-refractivity contribution in [2.75, 3.05) is 18.1 Å². The smallest absolute Gasteiger partial charge is 0.229 e. The van der Waals surface area contributed by atoms with Crippen molar-refractivity contribution in [2.24, 2.45) is 5.41 Å². The number of benzene rings is 1. The van der Waals surface area contributed by atoms with Gasteiger partial charge >= 0.3 is 0 Å². The Labute approximate surface area is 171 Å². The third-order valence-electron chi connectivity index (χ3n) is 5.91. The highest BCUT2D eigenvalue weighted by Crippen LogP contribution is 2.35. The SMILES string of the molecule is CCCCSCC[C@@H]1CCCN1C(=O)[C@](C)(CCCC)Cc1ccccc1. The Morgan fingerprint density at radius 3 is 2.59 bits per heavy atom. The van der Waals surface area contributed by atoms with E-state index in [0.29, 0.717) is 11.9 Å². The lowest BCUT2D eigenvalue weighted by Crippen LogP contribution is -2.46. The van der Waals surface area contributed by atoms with E-state index in [4.69, 9.17) is 0 Å². The standard InChI is InChI=1S/C24H39NOS/c1-4-6-16-24(3,20-21-12-9-8-10-13-21)23(26)25-17-11-14-22(25)15-19-27-18-7-5-2/h8-10,12-13,22H,4-7,11,14-20H2,1-3H3/t22-,24+/m0/s1. The number of thioether (sulfide) groups is 1. The van der Waals surface area contributed by atoms with Crippen LogP contribution in [0.25, 0.3) is 0 Å². The van der Waals surface area contributed by atoms with Crippen LogP contribution in [0.1, 0.15) is 77.7 Å². The molecule has 0 aliphatic carbocycles. The molecule has 0 unspecified atom stereocenters. The average Bonchev–Trinajstić information content (AvgIpc) is 3.15. The fourth-order valence-corrected chi connectivity index (χ4v) is 5.34. The van der Waals surface area contributed by atoms with Gasteiger partial charge in [0.05, 0.1) is 5.41 Å². The third-order valence-corrected chi connectivity index (χ3v) is 7.01. The van der Waals surface area contributed by atoms with Gasteiger partial charge < -0.3 is 4.90 Å². The average molecular weight is 390 g/mol. The Balaban J connectivity index is 2.01. The van der Waals surface area contributed by atoms with Crippen LogP contribution >= 0.6 is 11.8 Å². The molecule has 1 aliphatic heterocycles. The predicted octanol–water partition coefficient (Wildman–Crippen LogP) is 6.34. The molecule has 1 aromatic carbocycles. The molecule has 27 heavy (non-hydrogen) atoms. The monoisotopic (exact) mass is 389 g/mol. The number of carbonyl (C=O) groups is 1. The van der Waals surface area contributed by atoms with Crippen molar-refractivity contribution in [3.05, 3.63) is 35.9 Å². The van der Waals surface area contributed by atoms with Gasteiger partial charge in [-0.2, -0.15) is 11.8 Å². The summed E-state index contributed by atoms with van der Waals surface area (Å²) in [5, 5.41) is 0. The molecule has 0 aromatic heterocycles. The maximum atomic E-state index is 13.6. The van der Waals surface area contributed by atoms with Gasteiger partial charge in [-0.15, -0.1) is 0 Å². The molecule has 152 valence electrons. The molecular formula is C24H39NOS. The van der Waals surface area contributed by atoms with Crippen LogP contribution in [-0.2, 0) is 11.2 Å². The Morgan fingerprint density at radius 2 is 1.89 bits per heavy atom. The van der Waals surface area contributed by atoms with Crippen LogP contribution in [0.3, 0.4) is 0 Å².